The molecule has 0 saturated carbocycles. The van der Waals surface area contributed by atoms with E-state index in [9.17, 15) is 5.11 Å². The first-order chi connectivity index (χ1) is 5.63. The van der Waals surface area contributed by atoms with Crippen LogP contribution in [0.1, 0.15) is 25.5 Å². The fourth-order valence-corrected chi connectivity index (χ4v) is 1.22. The Labute approximate surface area is 77.2 Å². The predicted octanol–water partition coefficient (Wildman–Crippen LogP) is 2.42. The molecule has 3 heteroatoms. The molecule has 0 aromatic carbocycles. The molecule has 0 aliphatic carbocycles. The van der Waals surface area contributed by atoms with Crippen molar-refractivity contribution in [2.75, 3.05) is 0 Å². The lowest BCUT2D eigenvalue weighted by Gasteiger charge is -2.15. The molecule has 0 bridgehead atoms. The highest BCUT2D eigenvalue weighted by Crippen LogP contribution is 2.26. The summed E-state index contributed by atoms with van der Waals surface area (Å²) in [6.45, 7) is 3.89. The summed E-state index contributed by atoms with van der Waals surface area (Å²) >= 11 is 5.84. The summed E-state index contributed by atoms with van der Waals surface area (Å²) in [5.41, 5.74) is 0.752. The first kappa shape index (κ1) is 9.49. The molecular formula is C9H12ClNO. The van der Waals surface area contributed by atoms with Gasteiger partial charge in [-0.3, -0.25) is 4.98 Å². The second-order valence-corrected chi connectivity index (χ2v) is 3.49. The molecule has 0 spiro atoms. The highest BCUT2D eigenvalue weighted by atomic mass is 35.5. The summed E-state index contributed by atoms with van der Waals surface area (Å²) in [6.07, 6.45) is 2.68. The standard InChI is InChI=1S/C9H12ClNO/c1-6(2)9(12)7-3-4-11-5-8(7)10/h3-6,9,12H,1-2H3. The molecule has 1 heterocycles. The van der Waals surface area contributed by atoms with Crippen LogP contribution in [0.2, 0.25) is 5.02 Å². The number of aliphatic hydroxyl groups excluding tert-OH is 1. The Morgan fingerprint density at radius 2 is 2.17 bits per heavy atom. The predicted molar refractivity (Wildman–Crippen MR) is 49.0 cm³/mol. The zero-order valence-electron chi connectivity index (χ0n) is 7.16. The summed E-state index contributed by atoms with van der Waals surface area (Å²) in [6, 6.07) is 1.74. The van der Waals surface area contributed by atoms with Crippen LogP contribution in [0.25, 0.3) is 0 Å². The Morgan fingerprint density at radius 3 is 2.67 bits per heavy atom. The van der Waals surface area contributed by atoms with E-state index in [1.54, 1.807) is 18.5 Å². The normalized spacial score (nSPS) is 13.4. The lowest BCUT2D eigenvalue weighted by molar-refractivity contribution is 0.127. The zero-order chi connectivity index (χ0) is 9.14. The Balaban J connectivity index is 2.94. The molecule has 2 nitrogen and oxygen atoms in total. The topological polar surface area (TPSA) is 33.1 Å². The Kier molecular flexibility index (Phi) is 3.06. The second kappa shape index (κ2) is 3.87. The van der Waals surface area contributed by atoms with E-state index in [1.807, 2.05) is 13.8 Å². The lowest BCUT2D eigenvalue weighted by Crippen LogP contribution is -2.05. The Hall–Kier alpha value is -0.600. The van der Waals surface area contributed by atoms with Gasteiger partial charge in [0.05, 0.1) is 11.1 Å². The third-order valence-corrected chi connectivity index (χ3v) is 2.07. The van der Waals surface area contributed by atoms with Crippen molar-refractivity contribution < 1.29 is 5.11 Å². The minimum absolute atomic E-state index is 0.171. The number of halogens is 1. The minimum Gasteiger partial charge on any atom is -0.388 e. The first-order valence-electron chi connectivity index (χ1n) is 3.90. The van der Waals surface area contributed by atoms with Gasteiger partial charge >= 0.3 is 0 Å². The average Bonchev–Trinajstić information content (AvgIpc) is 2.04. The summed E-state index contributed by atoms with van der Waals surface area (Å²) in [4.78, 5) is 3.84. The second-order valence-electron chi connectivity index (χ2n) is 3.09. The zero-order valence-corrected chi connectivity index (χ0v) is 7.92. The van der Waals surface area contributed by atoms with Crippen LogP contribution in [0.4, 0.5) is 0 Å². The molecule has 0 amide bonds. The SMILES string of the molecule is CC(C)C(O)c1ccncc1Cl. The van der Waals surface area contributed by atoms with Gasteiger partial charge in [0.15, 0.2) is 0 Å². The fourth-order valence-electron chi connectivity index (χ4n) is 0.985. The van der Waals surface area contributed by atoms with Gasteiger partial charge < -0.3 is 5.11 Å². The van der Waals surface area contributed by atoms with Crippen LogP contribution in [-0.4, -0.2) is 10.1 Å². The van der Waals surface area contributed by atoms with Crippen LogP contribution in [0.5, 0.6) is 0 Å². The minimum atomic E-state index is -0.500. The van der Waals surface area contributed by atoms with Gasteiger partial charge in [-0.05, 0) is 12.0 Å². The number of aromatic nitrogens is 1. The number of hydrogen-bond acceptors (Lipinski definition) is 2. The van der Waals surface area contributed by atoms with Crippen LogP contribution in [0.15, 0.2) is 18.5 Å². The van der Waals surface area contributed by atoms with Crippen molar-refractivity contribution in [3.8, 4) is 0 Å². The van der Waals surface area contributed by atoms with Gasteiger partial charge in [0.1, 0.15) is 0 Å². The average molecular weight is 186 g/mol. The molecule has 1 aromatic heterocycles. The molecule has 0 aliphatic rings. The molecule has 1 aromatic rings. The molecule has 0 fully saturated rings. The quantitative estimate of drug-likeness (QED) is 0.768. The van der Waals surface area contributed by atoms with Crippen LogP contribution >= 0.6 is 11.6 Å². The van der Waals surface area contributed by atoms with Crippen molar-refractivity contribution in [1.29, 1.82) is 0 Å². The van der Waals surface area contributed by atoms with E-state index in [0.717, 1.165) is 5.56 Å². The maximum Gasteiger partial charge on any atom is 0.0828 e. The van der Waals surface area contributed by atoms with Gasteiger partial charge in [0, 0.05) is 18.0 Å². The lowest BCUT2D eigenvalue weighted by atomic mass is 10.0. The van der Waals surface area contributed by atoms with Crippen LogP contribution in [0.3, 0.4) is 0 Å². The van der Waals surface area contributed by atoms with Crippen molar-refractivity contribution in [2.24, 2.45) is 5.92 Å². The summed E-state index contributed by atoms with van der Waals surface area (Å²) in [5, 5.41) is 10.2. The number of nitrogens with zero attached hydrogens (tertiary/aromatic N) is 1. The molecule has 1 atom stereocenters. The maximum absolute atomic E-state index is 9.67. The van der Waals surface area contributed by atoms with Crippen LogP contribution < -0.4 is 0 Å². The molecule has 1 unspecified atom stereocenters. The van der Waals surface area contributed by atoms with E-state index in [4.69, 9.17) is 11.6 Å². The number of aliphatic hydroxyl groups is 1. The molecular weight excluding hydrogens is 174 g/mol. The Morgan fingerprint density at radius 1 is 1.50 bits per heavy atom. The third kappa shape index (κ3) is 1.96. The van der Waals surface area contributed by atoms with E-state index in [0.29, 0.717) is 5.02 Å². The molecule has 0 saturated heterocycles. The van der Waals surface area contributed by atoms with Crippen LogP contribution in [0, 0.1) is 5.92 Å². The van der Waals surface area contributed by atoms with E-state index in [1.165, 1.54) is 0 Å². The van der Waals surface area contributed by atoms with Gasteiger partial charge in [0.25, 0.3) is 0 Å². The van der Waals surface area contributed by atoms with Crippen molar-refractivity contribution in [1.82, 2.24) is 4.98 Å². The fraction of sp³-hybridized carbons (Fsp3) is 0.444. The van der Waals surface area contributed by atoms with E-state index >= 15 is 0 Å². The number of pyridine rings is 1. The third-order valence-electron chi connectivity index (χ3n) is 1.75. The number of hydrogen-bond donors (Lipinski definition) is 1. The first-order valence-corrected chi connectivity index (χ1v) is 4.28. The van der Waals surface area contributed by atoms with Crippen molar-refractivity contribution in [2.45, 2.75) is 20.0 Å². The highest BCUT2D eigenvalue weighted by Gasteiger charge is 2.14. The number of rotatable bonds is 2. The highest BCUT2D eigenvalue weighted by molar-refractivity contribution is 6.31. The van der Waals surface area contributed by atoms with Crippen LogP contribution in [-0.2, 0) is 0 Å². The van der Waals surface area contributed by atoms with Gasteiger partial charge in [-0.2, -0.15) is 0 Å². The molecule has 12 heavy (non-hydrogen) atoms. The molecule has 66 valence electrons. The molecule has 0 radical (unpaired) electrons. The maximum atomic E-state index is 9.67. The summed E-state index contributed by atoms with van der Waals surface area (Å²) in [5.74, 6) is 0.171. The molecule has 0 aliphatic heterocycles. The largest absolute Gasteiger partial charge is 0.388 e. The van der Waals surface area contributed by atoms with Gasteiger partial charge in [-0.15, -0.1) is 0 Å². The van der Waals surface area contributed by atoms with E-state index in [-0.39, 0.29) is 5.92 Å². The van der Waals surface area contributed by atoms with Gasteiger partial charge in [0.2, 0.25) is 0 Å². The summed E-state index contributed by atoms with van der Waals surface area (Å²) in [7, 11) is 0. The molecule has 1 N–H and O–H groups in total. The van der Waals surface area contributed by atoms with Crippen molar-refractivity contribution >= 4 is 11.6 Å². The van der Waals surface area contributed by atoms with Gasteiger partial charge in [-0.1, -0.05) is 25.4 Å². The van der Waals surface area contributed by atoms with E-state index in [2.05, 4.69) is 4.98 Å². The summed E-state index contributed by atoms with van der Waals surface area (Å²) < 4.78 is 0. The Bertz CT molecular complexity index is 262. The van der Waals surface area contributed by atoms with Crippen molar-refractivity contribution in [3.63, 3.8) is 0 Å². The van der Waals surface area contributed by atoms with Gasteiger partial charge in [-0.25, -0.2) is 0 Å². The van der Waals surface area contributed by atoms with E-state index < -0.39 is 6.10 Å². The molecule has 1 rings (SSSR count). The van der Waals surface area contributed by atoms with Crippen molar-refractivity contribution in [3.05, 3.63) is 29.0 Å². The smallest absolute Gasteiger partial charge is 0.0828 e. The monoisotopic (exact) mass is 185 g/mol.